The summed E-state index contributed by atoms with van der Waals surface area (Å²) in [4.78, 5) is 15.7. The van der Waals surface area contributed by atoms with E-state index in [2.05, 4.69) is 15.2 Å². The average Bonchev–Trinajstić information content (AvgIpc) is 3.19. The molecule has 0 aliphatic carbocycles. The first-order valence-electron chi connectivity index (χ1n) is 9.60. The van der Waals surface area contributed by atoms with Crippen LogP contribution in [0.4, 0.5) is 0 Å². The van der Waals surface area contributed by atoms with E-state index < -0.39 is 5.97 Å². The molecule has 0 fully saturated rings. The third-order valence-electron chi connectivity index (χ3n) is 4.66. The van der Waals surface area contributed by atoms with Gasteiger partial charge >= 0.3 is 5.97 Å². The Kier molecular flexibility index (Phi) is 6.83. The number of methoxy groups -OCH3 is 3. The average molecular weight is 439 g/mol. The molecular weight excluding hydrogens is 414 g/mol. The summed E-state index contributed by atoms with van der Waals surface area (Å²) < 4.78 is 21.5. The molecule has 5 N–H and O–H groups in total. The van der Waals surface area contributed by atoms with E-state index in [1.54, 1.807) is 37.4 Å². The van der Waals surface area contributed by atoms with Crippen molar-refractivity contribution in [2.45, 2.75) is 13.3 Å². The molecule has 0 saturated carbocycles. The molecule has 0 bridgehead atoms. The van der Waals surface area contributed by atoms with Gasteiger partial charge in [0.05, 0.1) is 33.5 Å². The summed E-state index contributed by atoms with van der Waals surface area (Å²) >= 11 is 0. The van der Waals surface area contributed by atoms with Gasteiger partial charge in [-0.15, -0.1) is 5.10 Å². The SMILES string of the molecule is COc1cc(CC(=O)Oc2ccc3[nH]cc(C(C)=NN=C(N)N)c3c2)cc(OC)c1OC. The summed E-state index contributed by atoms with van der Waals surface area (Å²) in [7, 11) is 4.55. The van der Waals surface area contributed by atoms with Crippen LogP contribution >= 0.6 is 0 Å². The molecule has 32 heavy (non-hydrogen) atoms. The highest BCUT2D eigenvalue weighted by molar-refractivity contribution is 6.10. The van der Waals surface area contributed by atoms with Gasteiger partial charge in [-0.2, -0.15) is 5.10 Å². The highest BCUT2D eigenvalue weighted by Gasteiger charge is 2.16. The summed E-state index contributed by atoms with van der Waals surface area (Å²) in [6.45, 7) is 1.78. The van der Waals surface area contributed by atoms with Crippen molar-refractivity contribution in [3.05, 3.63) is 47.7 Å². The minimum atomic E-state index is -0.443. The number of rotatable bonds is 8. The number of guanidine groups is 1. The van der Waals surface area contributed by atoms with Crippen LogP contribution in [0.15, 0.2) is 46.7 Å². The lowest BCUT2D eigenvalue weighted by atomic mass is 10.1. The highest BCUT2D eigenvalue weighted by atomic mass is 16.5. The Labute approximate surface area is 184 Å². The molecule has 1 heterocycles. The number of aromatic amines is 1. The molecule has 0 atom stereocenters. The van der Waals surface area contributed by atoms with Crippen LogP contribution in [-0.4, -0.2) is 44.0 Å². The summed E-state index contributed by atoms with van der Waals surface area (Å²) in [6.07, 6.45) is 1.80. The number of aromatic nitrogens is 1. The molecule has 2 aromatic carbocycles. The lowest BCUT2D eigenvalue weighted by Crippen LogP contribution is -2.22. The number of benzene rings is 2. The fourth-order valence-corrected chi connectivity index (χ4v) is 3.22. The maximum Gasteiger partial charge on any atom is 0.315 e. The number of esters is 1. The van der Waals surface area contributed by atoms with E-state index in [4.69, 9.17) is 30.4 Å². The standard InChI is InChI=1S/C22H25N5O5/c1-12(26-27-22(23)24)16-11-25-17-6-5-14(10-15(16)17)32-20(28)9-13-7-18(29-2)21(31-4)19(8-13)30-3/h5-8,10-11,25H,9H2,1-4H3,(H4,23,24,27). The van der Waals surface area contributed by atoms with Crippen LogP contribution in [-0.2, 0) is 11.2 Å². The number of nitrogens with one attached hydrogen (secondary N) is 1. The number of hydrogen-bond acceptors (Lipinski definition) is 7. The highest BCUT2D eigenvalue weighted by Crippen LogP contribution is 2.38. The number of carbonyl (C=O) groups excluding carboxylic acids is 1. The Morgan fingerprint density at radius 1 is 1.00 bits per heavy atom. The van der Waals surface area contributed by atoms with Crippen molar-refractivity contribution in [1.82, 2.24) is 4.98 Å². The molecule has 1 aromatic heterocycles. The van der Waals surface area contributed by atoms with E-state index in [-0.39, 0.29) is 12.4 Å². The third-order valence-corrected chi connectivity index (χ3v) is 4.66. The Morgan fingerprint density at radius 2 is 1.69 bits per heavy atom. The molecule has 0 saturated heterocycles. The van der Waals surface area contributed by atoms with E-state index >= 15 is 0 Å². The Morgan fingerprint density at radius 3 is 2.28 bits per heavy atom. The van der Waals surface area contributed by atoms with Gasteiger partial charge in [-0.3, -0.25) is 4.79 Å². The van der Waals surface area contributed by atoms with Crippen LogP contribution in [0.3, 0.4) is 0 Å². The second kappa shape index (κ2) is 9.73. The first-order valence-corrected chi connectivity index (χ1v) is 9.60. The lowest BCUT2D eigenvalue weighted by molar-refractivity contribution is -0.133. The summed E-state index contributed by atoms with van der Waals surface area (Å²) in [5.74, 6) is 1.19. The van der Waals surface area contributed by atoms with Gasteiger partial charge in [0.2, 0.25) is 11.7 Å². The van der Waals surface area contributed by atoms with E-state index in [1.807, 2.05) is 6.07 Å². The Hall–Kier alpha value is -4.21. The molecule has 3 aromatic rings. The number of fused-ring (bicyclic) bond motifs is 1. The molecule has 0 radical (unpaired) electrons. The minimum absolute atomic E-state index is 0.0136. The van der Waals surface area contributed by atoms with Crippen molar-refractivity contribution in [1.29, 1.82) is 0 Å². The largest absolute Gasteiger partial charge is 0.493 e. The lowest BCUT2D eigenvalue weighted by Gasteiger charge is -2.14. The molecule has 168 valence electrons. The molecule has 10 nitrogen and oxygen atoms in total. The third kappa shape index (κ3) is 4.91. The number of ether oxygens (including phenoxy) is 4. The van der Waals surface area contributed by atoms with Gasteiger partial charge in [0.1, 0.15) is 5.75 Å². The summed E-state index contributed by atoms with van der Waals surface area (Å²) in [5, 5.41) is 8.49. The van der Waals surface area contributed by atoms with Gasteiger partial charge in [-0.1, -0.05) is 0 Å². The van der Waals surface area contributed by atoms with Gasteiger partial charge in [-0.25, -0.2) is 0 Å². The van der Waals surface area contributed by atoms with Crippen molar-refractivity contribution in [2.75, 3.05) is 21.3 Å². The van der Waals surface area contributed by atoms with Crippen molar-refractivity contribution in [3.8, 4) is 23.0 Å². The Bertz CT molecular complexity index is 1170. The topological polar surface area (TPSA) is 147 Å². The Balaban J connectivity index is 1.82. The van der Waals surface area contributed by atoms with Crippen LogP contribution in [0.2, 0.25) is 0 Å². The number of H-pyrrole nitrogens is 1. The minimum Gasteiger partial charge on any atom is -0.493 e. The van der Waals surface area contributed by atoms with Gasteiger partial charge in [0, 0.05) is 22.7 Å². The molecular formula is C22H25N5O5. The molecule has 0 spiro atoms. The van der Waals surface area contributed by atoms with E-state index in [9.17, 15) is 4.79 Å². The number of carbonyl (C=O) groups is 1. The van der Waals surface area contributed by atoms with E-state index in [0.717, 1.165) is 16.5 Å². The number of hydrogen-bond donors (Lipinski definition) is 3. The maximum atomic E-state index is 12.6. The molecule has 0 amide bonds. The van der Waals surface area contributed by atoms with Gasteiger partial charge in [0.25, 0.3) is 0 Å². The van der Waals surface area contributed by atoms with Crippen LogP contribution in [0, 0.1) is 0 Å². The van der Waals surface area contributed by atoms with Crippen LogP contribution in [0.1, 0.15) is 18.1 Å². The predicted octanol–water partition coefficient (Wildman–Crippen LogP) is 2.34. The van der Waals surface area contributed by atoms with Gasteiger partial charge in [0.15, 0.2) is 11.5 Å². The second-order valence-corrected chi connectivity index (χ2v) is 6.80. The first kappa shape index (κ1) is 22.5. The van der Waals surface area contributed by atoms with Crippen LogP contribution in [0.25, 0.3) is 10.9 Å². The van der Waals surface area contributed by atoms with E-state index in [1.165, 1.54) is 21.3 Å². The van der Waals surface area contributed by atoms with Crippen molar-refractivity contribution < 1.29 is 23.7 Å². The second-order valence-electron chi connectivity index (χ2n) is 6.80. The molecule has 10 heteroatoms. The number of nitrogens with two attached hydrogens (primary N) is 2. The molecule has 3 rings (SSSR count). The van der Waals surface area contributed by atoms with E-state index in [0.29, 0.717) is 34.3 Å². The zero-order valence-electron chi connectivity index (χ0n) is 18.3. The van der Waals surface area contributed by atoms with Crippen LogP contribution in [0.5, 0.6) is 23.0 Å². The van der Waals surface area contributed by atoms with Gasteiger partial charge in [-0.05, 0) is 42.8 Å². The van der Waals surface area contributed by atoms with Crippen LogP contribution < -0.4 is 30.4 Å². The zero-order valence-corrected chi connectivity index (χ0v) is 18.3. The maximum absolute atomic E-state index is 12.6. The zero-order chi connectivity index (χ0) is 23.3. The summed E-state index contributed by atoms with van der Waals surface area (Å²) in [5.41, 5.74) is 13.6. The molecule has 0 aliphatic heterocycles. The monoisotopic (exact) mass is 439 g/mol. The van der Waals surface area contributed by atoms with Crippen molar-refractivity contribution in [3.63, 3.8) is 0 Å². The fraction of sp³-hybridized carbons (Fsp3) is 0.227. The van der Waals surface area contributed by atoms with Crippen molar-refractivity contribution >= 4 is 28.5 Å². The first-order chi connectivity index (χ1) is 15.4. The van der Waals surface area contributed by atoms with Crippen molar-refractivity contribution in [2.24, 2.45) is 21.7 Å². The smallest absolute Gasteiger partial charge is 0.315 e. The quantitative estimate of drug-likeness (QED) is 0.160. The summed E-state index contributed by atoms with van der Waals surface area (Å²) in [6, 6.07) is 8.69. The molecule has 0 aliphatic rings. The molecule has 0 unspecified atom stereocenters. The van der Waals surface area contributed by atoms with Gasteiger partial charge < -0.3 is 35.4 Å². The predicted molar refractivity (Wildman–Crippen MR) is 122 cm³/mol. The fourth-order valence-electron chi connectivity index (χ4n) is 3.22. The normalized spacial score (nSPS) is 11.2. The number of nitrogens with zero attached hydrogens (tertiary/aromatic N) is 2.